The number of benzene rings is 1. The summed E-state index contributed by atoms with van der Waals surface area (Å²) in [6.45, 7) is 3.93. The molecule has 8 heteroatoms. The van der Waals surface area contributed by atoms with Crippen LogP contribution in [0.2, 0.25) is 0 Å². The highest BCUT2D eigenvalue weighted by Gasteiger charge is 2.22. The van der Waals surface area contributed by atoms with Gasteiger partial charge in [-0.15, -0.1) is 0 Å². The Kier molecular flexibility index (Phi) is 5.48. The molecule has 2 N–H and O–H groups in total. The van der Waals surface area contributed by atoms with Crippen molar-refractivity contribution in [2.75, 3.05) is 24.6 Å². The van der Waals surface area contributed by atoms with Crippen molar-refractivity contribution in [2.45, 2.75) is 32.4 Å². The Morgan fingerprint density at radius 3 is 3.07 bits per heavy atom. The van der Waals surface area contributed by atoms with Gasteiger partial charge < -0.3 is 19.9 Å². The summed E-state index contributed by atoms with van der Waals surface area (Å²) in [7, 11) is 0. The third-order valence-corrected chi connectivity index (χ3v) is 4.78. The third-order valence-electron chi connectivity index (χ3n) is 4.78. The first-order valence-corrected chi connectivity index (χ1v) is 9.52. The largest absolute Gasteiger partial charge is 0.364 e. The third kappa shape index (κ3) is 4.45. The molecule has 1 aromatic carbocycles. The molecule has 4 rings (SSSR count). The van der Waals surface area contributed by atoms with Gasteiger partial charge in [0.05, 0.1) is 11.0 Å². The van der Waals surface area contributed by atoms with E-state index in [0.717, 1.165) is 36.2 Å². The molecule has 2 aromatic heterocycles. The van der Waals surface area contributed by atoms with Crippen molar-refractivity contribution in [2.24, 2.45) is 0 Å². The molecule has 0 unspecified atom stereocenters. The van der Waals surface area contributed by atoms with E-state index in [1.54, 1.807) is 18.5 Å². The van der Waals surface area contributed by atoms with E-state index in [2.05, 4.69) is 30.2 Å². The molecule has 0 radical (unpaired) electrons. The number of fused-ring (bicyclic) bond motifs is 1. The molecule has 1 aliphatic heterocycles. The van der Waals surface area contributed by atoms with Gasteiger partial charge in [0.25, 0.3) is 0 Å². The maximum absolute atomic E-state index is 12.2. The lowest BCUT2D eigenvalue weighted by molar-refractivity contribution is -0.126. The lowest BCUT2D eigenvalue weighted by Crippen LogP contribution is -2.49. The van der Waals surface area contributed by atoms with Crippen LogP contribution in [-0.4, -0.2) is 51.6 Å². The summed E-state index contributed by atoms with van der Waals surface area (Å²) >= 11 is 0. The minimum Gasteiger partial charge on any atom is -0.364 e. The SMILES string of the molecule is Cc1ccc2nc(COCC(=O)N[C@@H]3CCCN(c4ncccn4)C3)[nH]c2c1. The van der Waals surface area contributed by atoms with E-state index in [9.17, 15) is 4.79 Å². The fraction of sp³-hybridized carbons (Fsp3) is 0.400. The number of H-pyrrole nitrogens is 1. The molecule has 0 bridgehead atoms. The zero-order chi connectivity index (χ0) is 19.3. The number of nitrogens with one attached hydrogen (secondary N) is 2. The van der Waals surface area contributed by atoms with Crippen LogP contribution in [0.4, 0.5) is 5.95 Å². The molecule has 1 saturated heterocycles. The number of amides is 1. The second-order valence-electron chi connectivity index (χ2n) is 7.10. The number of piperidine rings is 1. The first-order valence-electron chi connectivity index (χ1n) is 9.52. The van der Waals surface area contributed by atoms with E-state index in [1.807, 2.05) is 25.1 Å². The number of rotatable bonds is 6. The summed E-state index contributed by atoms with van der Waals surface area (Å²) in [6.07, 6.45) is 5.40. The van der Waals surface area contributed by atoms with Crippen molar-refractivity contribution in [3.8, 4) is 0 Å². The van der Waals surface area contributed by atoms with Gasteiger partial charge in [0.1, 0.15) is 19.0 Å². The van der Waals surface area contributed by atoms with Crippen LogP contribution in [0.5, 0.6) is 0 Å². The number of hydrogen-bond acceptors (Lipinski definition) is 6. The smallest absolute Gasteiger partial charge is 0.246 e. The zero-order valence-corrected chi connectivity index (χ0v) is 15.9. The predicted molar refractivity (Wildman–Crippen MR) is 106 cm³/mol. The normalized spacial score (nSPS) is 17.0. The van der Waals surface area contributed by atoms with E-state index in [-0.39, 0.29) is 25.2 Å². The van der Waals surface area contributed by atoms with Crippen LogP contribution in [0.15, 0.2) is 36.7 Å². The lowest BCUT2D eigenvalue weighted by Gasteiger charge is -2.33. The maximum atomic E-state index is 12.2. The van der Waals surface area contributed by atoms with Crippen molar-refractivity contribution in [1.82, 2.24) is 25.3 Å². The molecule has 1 aliphatic rings. The Bertz CT molecular complexity index is 942. The average Bonchev–Trinajstić information content (AvgIpc) is 3.10. The molecule has 146 valence electrons. The predicted octanol–water partition coefficient (Wildman–Crippen LogP) is 1.96. The van der Waals surface area contributed by atoms with Crippen LogP contribution in [0.1, 0.15) is 24.2 Å². The first kappa shape index (κ1) is 18.4. The number of aromatic nitrogens is 4. The molecule has 1 atom stereocenters. The number of carbonyl (C=O) groups excluding carboxylic acids is 1. The van der Waals surface area contributed by atoms with Gasteiger partial charge in [-0.1, -0.05) is 6.07 Å². The lowest BCUT2D eigenvalue weighted by atomic mass is 10.1. The van der Waals surface area contributed by atoms with Gasteiger partial charge in [0.2, 0.25) is 11.9 Å². The van der Waals surface area contributed by atoms with E-state index in [4.69, 9.17) is 4.74 Å². The van der Waals surface area contributed by atoms with Gasteiger partial charge in [-0.3, -0.25) is 4.79 Å². The number of carbonyl (C=O) groups is 1. The molecule has 0 aliphatic carbocycles. The van der Waals surface area contributed by atoms with Gasteiger partial charge in [-0.05, 0) is 43.5 Å². The van der Waals surface area contributed by atoms with Gasteiger partial charge in [0, 0.05) is 31.5 Å². The second kappa shape index (κ2) is 8.35. The number of anilines is 1. The van der Waals surface area contributed by atoms with Crippen LogP contribution < -0.4 is 10.2 Å². The van der Waals surface area contributed by atoms with E-state index >= 15 is 0 Å². The van der Waals surface area contributed by atoms with Gasteiger partial charge in [-0.25, -0.2) is 15.0 Å². The van der Waals surface area contributed by atoms with Gasteiger partial charge in [0.15, 0.2) is 0 Å². The molecule has 3 heterocycles. The fourth-order valence-corrected chi connectivity index (χ4v) is 3.49. The number of ether oxygens (including phenoxy) is 1. The maximum Gasteiger partial charge on any atom is 0.246 e. The number of hydrogen-bond donors (Lipinski definition) is 2. The van der Waals surface area contributed by atoms with Crippen molar-refractivity contribution in [3.63, 3.8) is 0 Å². The Hall–Kier alpha value is -3.00. The highest BCUT2D eigenvalue weighted by Crippen LogP contribution is 2.16. The summed E-state index contributed by atoms with van der Waals surface area (Å²) < 4.78 is 5.55. The standard InChI is InChI=1S/C20H24N6O2/c1-14-5-6-16-17(10-14)25-18(24-16)12-28-13-19(27)23-15-4-2-9-26(11-15)20-21-7-3-8-22-20/h3,5-8,10,15H,2,4,9,11-13H2,1H3,(H,23,27)(H,24,25)/t15-/m1/s1. The molecule has 28 heavy (non-hydrogen) atoms. The first-order chi connectivity index (χ1) is 13.7. The van der Waals surface area contributed by atoms with E-state index in [0.29, 0.717) is 12.5 Å². The van der Waals surface area contributed by atoms with Crippen molar-refractivity contribution in [1.29, 1.82) is 0 Å². The van der Waals surface area contributed by atoms with Crippen LogP contribution in [-0.2, 0) is 16.1 Å². The monoisotopic (exact) mass is 380 g/mol. The minimum atomic E-state index is -0.118. The summed E-state index contributed by atoms with van der Waals surface area (Å²) in [6, 6.07) is 7.91. The van der Waals surface area contributed by atoms with Crippen molar-refractivity contribution in [3.05, 3.63) is 48.0 Å². The Balaban J connectivity index is 1.24. The Labute approximate surface area is 163 Å². The molecule has 3 aromatic rings. The zero-order valence-electron chi connectivity index (χ0n) is 15.9. The Morgan fingerprint density at radius 1 is 1.36 bits per heavy atom. The molecule has 1 amide bonds. The van der Waals surface area contributed by atoms with E-state index in [1.165, 1.54) is 5.56 Å². The fourth-order valence-electron chi connectivity index (χ4n) is 3.49. The van der Waals surface area contributed by atoms with Crippen LogP contribution in [0.25, 0.3) is 11.0 Å². The average molecular weight is 380 g/mol. The minimum absolute atomic E-state index is 0.00834. The second-order valence-corrected chi connectivity index (χ2v) is 7.10. The molecular formula is C20H24N6O2. The highest BCUT2D eigenvalue weighted by molar-refractivity contribution is 5.77. The molecular weight excluding hydrogens is 356 g/mol. The van der Waals surface area contributed by atoms with Crippen LogP contribution in [0.3, 0.4) is 0 Å². The van der Waals surface area contributed by atoms with Crippen molar-refractivity contribution < 1.29 is 9.53 Å². The number of nitrogens with zero attached hydrogens (tertiary/aromatic N) is 4. The van der Waals surface area contributed by atoms with Gasteiger partial charge in [-0.2, -0.15) is 0 Å². The summed E-state index contributed by atoms with van der Waals surface area (Å²) in [4.78, 5) is 30.6. The van der Waals surface area contributed by atoms with Gasteiger partial charge >= 0.3 is 0 Å². The molecule has 0 spiro atoms. The molecule has 0 saturated carbocycles. The van der Waals surface area contributed by atoms with E-state index < -0.39 is 0 Å². The number of aryl methyl sites for hydroxylation is 1. The van der Waals surface area contributed by atoms with Crippen LogP contribution >= 0.6 is 0 Å². The topological polar surface area (TPSA) is 96.0 Å². The van der Waals surface area contributed by atoms with Crippen LogP contribution in [0, 0.1) is 6.92 Å². The molecule has 8 nitrogen and oxygen atoms in total. The summed E-state index contributed by atoms with van der Waals surface area (Å²) in [5.74, 6) is 1.31. The summed E-state index contributed by atoms with van der Waals surface area (Å²) in [5.41, 5.74) is 3.05. The highest BCUT2D eigenvalue weighted by atomic mass is 16.5. The van der Waals surface area contributed by atoms with Crippen molar-refractivity contribution >= 4 is 22.9 Å². The number of aromatic amines is 1. The summed E-state index contributed by atoms with van der Waals surface area (Å²) in [5, 5.41) is 3.05. The Morgan fingerprint density at radius 2 is 2.21 bits per heavy atom. The molecule has 1 fully saturated rings. The number of imidazole rings is 1. The quantitative estimate of drug-likeness (QED) is 0.679.